The first-order chi connectivity index (χ1) is 9.82. The van der Waals surface area contributed by atoms with E-state index in [1.807, 2.05) is 26.8 Å². The fraction of sp³-hybridized carbons (Fsp3) is 0.533. The number of carboxylic acids is 1. The van der Waals surface area contributed by atoms with Crippen molar-refractivity contribution in [3.63, 3.8) is 0 Å². The smallest absolute Gasteiger partial charge is 0.303 e. The highest BCUT2D eigenvalue weighted by Gasteiger charge is 2.20. The van der Waals surface area contributed by atoms with Crippen LogP contribution in [0.15, 0.2) is 24.3 Å². The summed E-state index contributed by atoms with van der Waals surface area (Å²) in [5.41, 5.74) is 0.946. The van der Waals surface area contributed by atoms with Crippen molar-refractivity contribution in [1.82, 2.24) is 4.90 Å². The van der Waals surface area contributed by atoms with Gasteiger partial charge in [-0.1, -0.05) is 12.1 Å². The molecule has 1 rings (SSSR count). The predicted molar refractivity (Wildman–Crippen MR) is 80.2 cm³/mol. The molecule has 0 radical (unpaired) electrons. The van der Waals surface area contributed by atoms with Crippen molar-refractivity contribution in [2.24, 2.45) is 0 Å². The van der Waals surface area contributed by atoms with E-state index in [1.165, 1.54) is 6.07 Å². The maximum Gasteiger partial charge on any atom is 0.303 e. The van der Waals surface area contributed by atoms with Gasteiger partial charge < -0.3 is 5.11 Å². The van der Waals surface area contributed by atoms with Crippen molar-refractivity contribution in [2.75, 3.05) is 6.54 Å². The average molecular weight is 294 g/mol. The monoisotopic (exact) mass is 294 g/mol. The van der Waals surface area contributed by atoms with E-state index in [-0.39, 0.29) is 24.2 Å². The molecule has 1 aromatic rings. The largest absolute Gasteiger partial charge is 0.481 e. The van der Waals surface area contributed by atoms with Crippen LogP contribution >= 0.6 is 0 Å². The second kappa shape index (κ2) is 7.73. The van der Waals surface area contributed by atoms with Crippen molar-refractivity contribution in [1.29, 1.82) is 0 Å². The second-order valence-electron chi connectivity index (χ2n) is 5.36. The fourth-order valence-electron chi connectivity index (χ4n) is 2.40. The number of nitrogens with zero attached hydrogens (tertiary/aromatic N) is 2. The lowest BCUT2D eigenvalue weighted by atomic mass is 10.0. The van der Waals surface area contributed by atoms with E-state index in [9.17, 15) is 14.9 Å². The molecule has 0 bridgehead atoms. The van der Waals surface area contributed by atoms with Crippen LogP contribution in [0.4, 0.5) is 5.69 Å². The molecule has 0 saturated heterocycles. The summed E-state index contributed by atoms with van der Waals surface area (Å²) >= 11 is 0. The van der Waals surface area contributed by atoms with Gasteiger partial charge in [0.1, 0.15) is 0 Å². The molecule has 1 N–H and O–H groups in total. The molecule has 6 nitrogen and oxygen atoms in total. The van der Waals surface area contributed by atoms with Crippen molar-refractivity contribution >= 4 is 11.7 Å². The van der Waals surface area contributed by atoms with Gasteiger partial charge in [-0.2, -0.15) is 0 Å². The minimum Gasteiger partial charge on any atom is -0.481 e. The van der Waals surface area contributed by atoms with Gasteiger partial charge in [-0.15, -0.1) is 0 Å². The number of hydrogen-bond donors (Lipinski definition) is 1. The number of nitro benzene ring substituents is 1. The van der Waals surface area contributed by atoms with Crippen LogP contribution < -0.4 is 0 Å². The van der Waals surface area contributed by atoms with Gasteiger partial charge in [0.25, 0.3) is 5.69 Å². The Morgan fingerprint density at radius 3 is 2.57 bits per heavy atom. The Balaban J connectivity index is 2.84. The van der Waals surface area contributed by atoms with E-state index in [4.69, 9.17) is 5.11 Å². The lowest BCUT2D eigenvalue weighted by molar-refractivity contribution is -0.385. The summed E-state index contributed by atoms with van der Waals surface area (Å²) in [6.45, 7) is 6.71. The number of aliphatic carboxylic acids is 1. The molecular formula is C15H22N2O4. The molecule has 0 fully saturated rings. The lowest BCUT2D eigenvalue weighted by Crippen LogP contribution is -2.34. The molecule has 6 heteroatoms. The Labute approximate surface area is 124 Å². The van der Waals surface area contributed by atoms with Crippen LogP contribution in [0.1, 0.15) is 45.2 Å². The summed E-state index contributed by atoms with van der Waals surface area (Å²) in [4.78, 5) is 23.2. The van der Waals surface area contributed by atoms with Gasteiger partial charge in [-0.25, -0.2) is 0 Å². The fourth-order valence-corrected chi connectivity index (χ4v) is 2.40. The van der Waals surface area contributed by atoms with E-state index >= 15 is 0 Å². The van der Waals surface area contributed by atoms with Gasteiger partial charge in [0.15, 0.2) is 0 Å². The molecule has 0 aromatic heterocycles. The summed E-state index contributed by atoms with van der Waals surface area (Å²) in [6.07, 6.45) is 0.692. The number of benzene rings is 1. The van der Waals surface area contributed by atoms with Gasteiger partial charge in [-0.3, -0.25) is 19.8 Å². The van der Waals surface area contributed by atoms with Crippen LogP contribution in [0.25, 0.3) is 0 Å². The molecule has 0 aliphatic heterocycles. The Hall–Kier alpha value is -1.95. The van der Waals surface area contributed by atoms with Gasteiger partial charge in [0.05, 0.1) is 4.92 Å². The third-order valence-corrected chi connectivity index (χ3v) is 3.53. The number of nitro groups is 1. The van der Waals surface area contributed by atoms with Gasteiger partial charge in [0, 0.05) is 30.6 Å². The highest BCUT2D eigenvalue weighted by molar-refractivity contribution is 5.66. The summed E-state index contributed by atoms with van der Waals surface area (Å²) in [7, 11) is 0. The van der Waals surface area contributed by atoms with E-state index < -0.39 is 10.9 Å². The van der Waals surface area contributed by atoms with E-state index in [2.05, 4.69) is 4.90 Å². The number of rotatable bonds is 8. The van der Waals surface area contributed by atoms with Crippen LogP contribution in [0.2, 0.25) is 0 Å². The molecule has 0 aliphatic rings. The second-order valence-corrected chi connectivity index (χ2v) is 5.36. The third kappa shape index (κ3) is 5.15. The molecule has 0 amide bonds. The molecule has 116 valence electrons. The molecular weight excluding hydrogens is 272 g/mol. The van der Waals surface area contributed by atoms with Gasteiger partial charge in [0.2, 0.25) is 0 Å². The van der Waals surface area contributed by atoms with Crippen LogP contribution in [0.5, 0.6) is 0 Å². The van der Waals surface area contributed by atoms with E-state index in [1.54, 1.807) is 12.1 Å². The quantitative estimate of drug-likeness (QED) is 0.588. The Morgan fingerprint density at radius 2 is 2.05 bits per heavy atom. The van der Waals surface area contributed by atoms with Crippen molar-refractivity contribution in [2.45, 2.75) is 45.7 Å². The molecule has 1 aromatic carbocycles. The molecule has 21 heavy (non-hydrogen) atoms. The van der Waals surface area contributed by atoms with E-state index in [0.29, 0.717) is 13.0 Å². The van der Waals surface area contributed by atoms with Crippen LogP contribution in [0.3, 0.4) is 0 Å². The summed E-state index contributed by atoms with van der Waals surface area (Å²) in [5, 5.41) is 19.6. The molecule has 0 aliphatic carbocycles. The number of carbonyl (C=O) groups is 1. The summed E-state index contributed by atoms with van der Waals surface area (Å²) in [5.74, 6) is -0.804. The first-order valence-electron chi connectivity index (χ1n) is 7.04. The average Bonchev–Trinajstić information content (AvgIpc) is 2.42. The van der Waals surface area contributed by atoms with Crippen LogP contribution in [0, 0.1) is 10.1 Å². The Kier molecular flexibility index (Phi) is 6.30. The highest BCUT2D eigenvalue weighted by atomic mass is 16.6. The number of carboxylic acid groups (broad SMARTS) is 1. The minimum absolute atomic E-state index is 0.00121. The summed E-state index contributed by atoms with van der Waals surface area (Å²) < 4.78 is 0. The zero-order valence-corrected chi connectivity index (χ0v) is 12.7. The zero-order valence-electron chi connectivity index (χ0n) is 12.7. The third-order valence-electron chi connectivity index (χ3n) is 3.53. The first-order valence-corrected chi connectivity index (χ1v) is 7.04. The maximum absolute atomic E-state index is 10.9. The number of hydrogen-bond acceptors (Lipinski definition) is 4. The van der Waals surface area contributed by atoms with E-state index in [0.717, 1.165) is 5.56 Å². The van der Waals surface area contributed by atoms with Crippen molar-refractivity contribution in [3.8, 4) is 0 Å². The SMILES string of the molecule is CC(C)N(CCCC(=O)O)C(C)c1cccc([N+](=O)[O-])c1. The van der Waals surface area contributed by atoms with Gasteiger partial charge >= 0.3 is 5.97 Å². The maximum atomic E-state index is 10.9. The summed E-state index contributed by atoms with van der Waals surface area (Å²) in [6, 6.07) is 6.83. The predicted octanol–water partition coefficient (Wildman–Crippen LogP) is 3.23. The topological polar surface area (TPSA) is 83.7 Å². The Bertz CT molecular complexity index is 502. The minimum atomic E-state index is -0.804. The van der Waals surface area contributed by atoms with Crippen molar-refractivity contribution in [3.05, 3.63) is 39.9 Å². The lowest BCUT2D eigenvalue weighted by Gasteiger charge is -2.33. The van der Waals surface area contributed by atoms with Crippen LogP contribution in [-0.4, -0.2) is 33.5 Å². The number of non-ortho nitro benzene ring substituents is 1. The van der Waals surface area contributed by atoms with Crippen molar-refractivity contribution < 1.29 is 14.8 Å². The first kappa shape index (κ1) is 17.1. The normalized spacial score (nSPS) is 12.6. The standard InChI is InChI=1S/C15H22N2O4/c1-11(2)16(9-5-8-15(18)19)12(3)13-6-4-7-14(10-13)17(20)21/h4,6-7,10-12H,5,8-9H2,1-3H3,(H,18,19). The van der Waals surface area contributed by atoms with Gasteiger partial charge in [-0.05, 0) is 39.3 Å². The highest BCUT2D eigenvalue weighted by Crippen LogP contribution is 2.25. The Morgan fingerprint density at radius 1 is 1.38 bits per heavy atom. The molecule has 0 heterocycles. The molecule has 1 atom stereocenters. The molecule has 1 unspecified atom stereocenters. The zero-order chi connectivity index (χ0) is 16.0. The molecule has 0 saturated carbocycles. The molecule has 0 spiro atoms. The van der Waals surface area contributed by atoms with Crippen LogP contribution in [-0.2, 0) is 4.79 Å².